The van der Waals surface area contributed by atoms with E-state index in [1.165, 1.54) is 0 Å². The standard InChI is InChI=1S/C19H20ClN3OS/c1-13(2)9-10-21-19(24)17-12-16(18-4-3-11-25-18)22-23(17)15-7-5-14(20)6-8-15/h3-8,11-13H,9-10H2,1-2H3,(H,21,24). The Hall–Kier alpha value is -2.11. The number of carbonyl (C=O) groups excluding carboxylic acids is 1. The number of halogens is 1. The fourth-order valence-electron chi connectivity index (χ4n) is 2.43. The van der Waals surface area contributed by atoms with Crippen molar-refractivity contribution in [2.45, 2.75) is 20.3 Å². The lowest BCUT2D eigenvalue weighted by atomic mass is 10.1. The van der Waals surface area contributed by atoms with Gasteiger partial charge in [-0.2, -0.15) is 5.10 Å². The summed E-state index contributed by atoms with van der Waals surface area (Å²) in [5.41, 5.74) is 2.12. The maximum atomic E-state index is 12.7. The van der Waals surface area contributed by atoms with Crippen LogP contribution in [-0.4, -0.2) is 22.2 Å². The number of nitrogens with one attached hydrogen (secondary N) is 1. The molecule has 3 rings (SSSR count). The number of aromatic nitrogens is 2. The number of thiophene rings is 1. The second-order valence-corrected chi connectivity index (χ2v) is 7.60. The minimum Gasteiger partial charge on any atom is -0.351 e. The number of nitrogens with zero attached hydrogens (tertiary/aromatic N) is 2. The van der Waals surface area contributed by atoms with Crippen LogP contribution in [0.1, 0.15) is 30.8 Å². The van der Waals surface area contributed by atoms with Gasteiger partial charge in [0.25, 0.3) is 5.91 Å². The van der Waals surface area contributed by atoms with Gasteiger partial charge in [-0.05, 0) is 54.1 Å². The second-order valence-electron chi connectivity index (χ2n) is 6.22. The third-order valence-electron chi connectivity index (χ3n) is 3.79. The molecule has 130 valence electrons. The first kappa shape index (κ1) is 17.7. The lowest BCUT2D eigenvalue weighted by Crippen LogP contribution is -2.27. The Kier molecular flexibility index (Phi) is 5.56. The zero-order chi connectivity index (χ0) is 17.8. The Bertz CT molecular complexity index is 838. The molecule has 0 radical (unpaired) electrons. The Morgan fingerprint density at radius 3 is 2.68 bits per heavy atom. The third kappa shape index (κ3) is 4.30. The molecule has 0 spiro atoms. The van der Waals surface area contributed by atoms with Crippen molar-refractivity contribution in [1.82, 2.24) is 15.1 Å². The molecule has 0 aliphatic carbocycles. The van der Waals surface area contributed by atoms with Crippen LogP contribution in [0.25, 0.3) is 16.3 Å². The highest BCUT2D eigenvalue weighted by molar-refractivity contribution is 7.13. The number of benzene rings is 1. The van der Waals surface area contributed by atoms with E-state index in [2.05, 4.69) is 24.3 Å². The SMILES string of the molecule is CC(C)CCNC(=O)c1cc(-c2cccs2)nn1-c1ccc(Cl)cc1. The van der Waals surface area contributed by atoms with Gasteiger partial charge >= 0.3 is 0 Å². The van der Waals surface area contributed by atoms with Crippen molar-refractivity contribution < 1.29 is 4.79 Å². The van der Waals surface area contributed by atoms with E-state index < -0.39 is 0 Å². The van der Waals surface area contributed by atoms with E-state index in [1.807, 2.05) is 35.7 Å². The Balaban J connectivity index is 1.94. The highest BCUT2D eigenvalue weighted by atomic mass is 35.5. The highest BCUT2D eigenvalue weighted by Crippen LogP contribution is 2.26. The normalized spacial score (nSPS) is 11.0. The van der Waals surface area contributed by atoms with Gasteiger partial charge in [0.2, 0.25) is 0 Å². The minimum absolute atomic E-state index is 0.120. The number of rotatable bonds is 6. The molecule has 1 aromatic carbocycles. The highest BCUT2D eigenvalue weighted by Gasteiger charge is 2.18. The monoisotopic (exact) mass is 373 g/mol. The van der Waals surface area contributed by atoms with Gasteiger partial charge in [0.05, 0.1) is 10.6 Å². The molecule has 3 aromatic rings. The van der Waals surface area contributed by atoms with Crippen LogP contribution in [0.3, 0.4) is 0 Å². The molecular weight excluding hydrogens is 354 g/mol. The van der Waals surface area contributed by atoms with Crippen LogP contribution in [0.15, 0.2) is 47.8 Å². The molecule has 0 saturated carbocycles. The summed E-state index contributed by atoms with van der Waals surface area (Å²) in [5.74, 6) is 0.425. The average molecular weight is 374 g/mol. The molecule has 1 amide bonds. The van der Waals surface area contributed by atoms with Crippen LogP contribution in [-0.2, 0) is 0 Å². The molecule has 6 heteroatoms. The zero-order valence-electron chi connectivity index (χ0n) is 14.2. The summed E-state index contributed by atoms with van der Waals surface area (Å²) in [6.07, 6.45) is 0.943. The Morgan fingerprint density at radius 1 is 1.28 bits per heavy atom. The summed E-state index contributed by atoms with van der Waals surface area (Å²) in [6, 6.07) is 13.1. The summed E-state index contributed by atoms with van der Waals surface area (Å²) >= 11 is 7.58. The molecule has 0 fully saturated rings. The van der Waals surface area contributed by atoms with Gasteiger partial charge in [-0.15, -0.1) is 11.3 Å². The second kappa shape index (κ2) is 7.85. The zero-order valence-corrected chi connectivity index (χ0v) is 15.8. The summed E-state index contributed by atoms with van der Waals surface area (Å²) < 4.78 is 1.68. The fourth-order valence-corrected chi connectivity index (χ4v) is 3.24. The number of amides is 1. The van der Waals surface area contributed by atoms with Crippen molar-refractivity contribution in [3.05, 3.63) is 58.6 Å². The lowest BCUT2D eigenvalue weighted by molar-refractivity contribution is 0.0944. The van der Waals surface area contributed by atoms with E-state index in [0.29, 0.717) is 23.2 Å². The predicted molar refractivity (Wildman–Crippen MR) is 104 cm³/mol. The van der Waals surface area contributed by atoms with Gasteiger partial charge in [0.15, 0.2) is 0 Å². The van der Waals surface area contributed by atoms with Gasteiger partial charge in [0, 0.05) is 11.6 Å². The fraction of sp³-hybridized carbons (Fsp3) is 0.263. The van der Waals surface area contributed by atoms with Crippen molar-refractivity contribution in [1.29, 1.82) is 0 Å². The van der Waals surface area contributed by atoms with E-state index in [1.54, 1.807) is 28.2 Å². The molecule has 1 N–H and O–H groups in total. The molecule has 25 heavy (non-hydrogen) atoms. The van der Waals surface area contributed by atoms with Crippen molar-refractivity contribution in [3.63, 3.8) is 0 Å². The van der Waals surface area contributed by atoms with Gasteiger partial charge in [-0.3, -0.25) is 4.79 Å². The van der Waals surface area contributed by atoms with E-state index >= 15 is 0 Å². The van der Waals surface area contributed by atoms with Crippen molar-refractivity contribution in [2.24, 2.45) is 5.92 Å². The van der Waals surface area contributed by atoms with Crippen molar-refractivity contribution >= 4 is 28.8 Å². The molecule has 0 saturated heterocycles. The van der Waals surface area contributed by atoms with Crippen LogP contribution in [0.2, 0.25) is 5.02 Å². The van der Waals surface area contributed by atoms with Crippen LogP contribution in [0.4, 0.5) is 0 Å². The largest absolute Gasteiger partial charge is 0.351 e. The third-order valence-corrected chi connectivity index (χ3v) is 4.94. The van der Waals surface area contributed by atoms with Crippen molar-refractivity contribution in [2.75, 3.05) is 6.54 Å². The van der Waals surface area contributed by atoms with Gasteiger partial charge < -0.3 is 5.32 Å². The molecule has 0 unspecified atom stereocenters. The molecular formula is C19H20ClN3OS. The maximum absolute atomic E-state index is 12.7. The van der Waals surface area contributed by atoms with Gasteiger partial charge in [0.1, 0.15) is 11.4 Å². The van der Waals surface area contributed by atoms with E-state index in [9.17, 15) is 4.79 Å². The number of hydrogen-bond donors (Lipinski definition) is 1. The topological polar surface area (TPSA) is 46.9 Å². The summed E-state index contributed by atoms with van der Waals surface area (Å²) in [4.78, 5) is 13.7. The molecule has 0 aliphatic heterocycles. The van der Waals surface area contributed by atoms with Gasteiger partial charge in [-0.1, -0.05) is 31.5 Å². The number of hydrogen-bond acceptors (Lipinski definition) is 3. The molecule has 0 atom stereocenters. The van der Waals surface area contributed by atoms with Crippen molar-refractivity contribution in [3.8, 4) is 16.3 Å². The number of carbonyl (C=O) groups is 1. The molecule has 0 aliphatic rings. The molecule has 4 nitrogen and oxygen atoms in total. The van der Waals surface area contributed by atoms with Crippen LogP contribution in [0.5, 0.6) is 0 Å². The Morgan fingerprint density at radius 2 is 2.04 bits per heavy atom. The smallest absolute Gasteiger partial charge is 0.270 e. The first-order valence-corrected chi connectivity index (χ1v) is 9.48. The van der Waals surface area contributed by atoms with Crippen LogP contribution in [0, 0.1) is 5.92 Å². The molecule has 0 bridgehead atoms. The maximum Gasteiger partial charge on any atom is 0.270 e. The lowest BCUT2D eigenvalue weighted by Gasteiger charge is -2.09. The van der Waals surface area contributed by atoms with E-state index in [-0.39, 0.29) is 5.91 Å². The first-order valence-electron chi connectivity index (χ1n) is 8.22. The van der Waals surface area contributed by atoms with Crippen LogP contribution >= 0.6 is 22.9 Å². The molecule has 2 heterocycles. The molecule has 2 aromatic heterocycles. The summed E-state index contributed by atoms with van der Waals surface area (Å²) in [6.45, 7) is 4.93. The van der Waals surface area contributed by atoms with Gasteiger partial charge in [-0.25, -0.2) is 4.68 Å². The average Bonchev–Trinajstić information content (AvgIpc) is 3.24. The summed E-state index contributed by atoms with van der Waals surface area (Å²) in [5, 5.41) is 10.3. The summed E-state index contributed by atoms with van der Waals surface area (Å²) in [7, 11) is 0. The van der Waals surface area contributed by atoms with E-state index in [0.717, 1.165) is 22.7 Å². The first-order chi connectivity index (χ1) is 12.0. The van der Waals surface area contributed by atoms with Crippen LogP contribution < -0.4 is 5.32 Å². The Labute approximate surface area is 156 Å². The minimum atomic E-state index is -0.120. The predicted octanol–water partition coefficient (Wildman–Crippen LogP) is 5.03. The van der Waals surface area contributed by atoms with E-state index in [4.69, 9.17) is 11.6 Å². The quantitative estimate of drug-likeness (QED) is 0.658.